The molecule has 3 nitrogen and oxygen atoms in total. The third kappa shape index (κ3) is 6.97. The first-order valence-electron chi connectivity index (χ1n) is 8.59. The van der Waals surface area contributed by atoms with E-state index in [9.17, 15) is 4.79 Å². The average Bonchev–Trinajstić information content (AvgIpc) is 2.57. The van der Waals surface area contributed by atoms with E-state index in [0.717, 1.165) is 12.2 Å². The third-order valence-corrected chi connectivity index (χ3v) is 4.17. The maximum absolute atomic E-state index is 12.3. The van der Waals surface area contributed by atoms with E-state index in [1.165, 1.54) is 25.7 Å². The first kappa shape index (κ1) is 19.6. The Morgan fingerprint density at radius 3 is 2.44 bits per heavy atom. The third-order valence-electron chi connectivity index (χ3n) is 3.73. The van der Waals surface area contributed by atoms with E-state index < -0.39 is 0 Å². The summed E-state index contributed by atoms with van der Waals surface area (Å²) in [6, 6.07) is 12.1. The summed E-state index contributed by atoms with van der Waals surface area (Å²) in [7, 11) is 0. The molecule has 0 spiro atoms. The van der Waals surface area contributed by atoms with Crippen molar-refractivity contribution in [1.29, 1.82) is 0 Å². The van der Waals surface area contributed by atoms with Crippen LogP contribution in [0.5, 0.6) is 5.75 Å². The second-order valence-electron chi connectivity index (χ2n) is 5.90. The van der Waals surface area contributed by atoms with E-state index >= 15 is 0 Å². The predicted octanol–water partition coefficient (Wildman–Crippen LogP) is 6.59. The van der Waals surface area contributed by atoms with Crippen LogP contribution >= 0.6 is 23.2 Å². The Balaban J connectivity index is 1.89. The summed E-state index contributed by atoms with van der Waals surface area (Å²) in [4.78, 5) is 12.3. The van der Waals surface area contributed by atoms with Gasteiger partial charge in [-0.25, -0.2) is 0 Å². The Morgan fingerprint density at radius 2 is 1.72 bits per heavy atom. The lowest BCUT2D eigenvalue weighted by Crippen LogP contribution is -2.12. The molecule has 0 bridgehead atoms. The Hall–Kier alpha value is -1.71. The fourth-order valence-electron chi connectivity index (χ4n) is 2.45. The van der Waals surface area contributed by atoms with Crippen molar-refractivity contribution in [2.24, 2.45) is 0 Å². The van der Waals surface area contributed by atoms with E-state index in [-0.39, 0.29) is 5.91 Å². The zero-order valence-electron chi connectivity index (χ0n) is 14.4. The Morgan fingerprint density at radius 1 is 1.00 bits per heavy atom. The predicted molar refractivity (Wildman–Crippen MR) is 105 cm³/mol. The van der Waals surface area contributed by atoms with E-state index in [1.54, 1.807) is 18.2 Å². The standard InChI is InChI=1S/C20H23Cl2NO2/c1-2-3-4-5-6-10-25-19-9-7-8-18(14-19)23-20(24)15-11-16(21)13-17(22)12-15/h7-9,11-14H,2-6,10H2,1H3,(H,23,24). The number of anilines is 1. The van der Waals surface area contributed by atoms with Gasteiger partial charge in [-0.3, -0.25) is 4.79 Å². The minimum absolute atomic E-state index is 0.263. The Bertz CT molecular complexity index is 684. The molecule has 0 unspecified atom stereocenters. The van der Waals surface area contributed by atoms with Crippen molar-refractivity contribution in [3.8, 4) is 5.75 Å². The number of carbonyl (C=O) groups is 1. The molecule has 0 aliphatic rings. The number of hydrogen-bond donors (Lipinski definition) is 1. The molecule has 0 atom stereocenters. The maximum Gasteiger partial charge on any atom is 0.255 e. The van der Waals surface area contributed by atoms with Crippen molar-refractivity contribution in [2.75, 3.05) is 11.9 Å². The van der Waals surface area contributed by atoms with Crippen molar-refractivity contribution in [1.82, 2.24) is 0 Å². The summed E-state index contributed by atoms with van der Waals surface area (Å²) < 4.78 is 5.76. The number of amides is 1. The quantitative estimate of drug-likeness (QED) is 0.498. The van der Waals surface area contributed by atoms with Gasteiger partial charge < -0.3 is 10.1 Å². The van der Waals surface area contributed by atoms with Crippen LogP contribution in [0.2, 0.25) is 10.0 Å². The fourth-order valence-corrected chi connectivity index (χ4v) is 2.97. The van der Waals surface area contributed by atoms with E-state index in [1.807, 2.05) is 24.3 Å². The van der Waals surface area contributed by atoms with Gasteiger partial charge in [0.25, 0.3) is 5.91 Å². The van der Waals surface area contributed by atoms with Crippen LogP contribution in [0.4, 0.5) is 5.69 Å². The van der Waals surface area contributed by atoms with Crippen LogP contribution < -0.4 is 10.1 Å². The zero-order valence-corrected chi connectivity index (χ0v) is 15.9. The number of ether oxygens (including phenoxy) is 1. The monoisotopic (exact) mass is 379 g/mol. The number of carbonyl (C=O) groups excluding carboxylic acids is 1. The molecule has 0 fully saturated rings. The van der Waals surface area contributed by atoms with Gasteiger partial charge in [-0.05, 0) is 36.8 Å². The number of halogens is 2. The lowest BCUT2D eigenvalue weighted by Gasteiger charge is -2.10. The van der Waals surface area contributed by atoms with Gasteiger partial charge in [0.1, 0.15) is 5.75 Å². The van der Waals surface area contributed by atoms with Crippen LogP contribution in [0.1, 0.15) is 49.4 Å². The highest BCUT2D eigenvalue weighted by molar-refractivity contribution is 6.35. The van der Waals surface area contributed by atoms with Crippen molar-refractivity contribution in [3.05, 3.63) is 58.1 Å². The van der Waals surface area contributed by atoms with Gasteiger partial charge in [0, 0.05) is 27.4 Å². The molecule has 0 radical (unpaired) electrons. The Labute approximate surface area is 159 Å². The fraction of sp³-hybridized carbons (Fsp3) is 0.350. The van der Waals surface area contributed by atoms with Crippen LogP contribution in [0.15, 0.2) is 42.5 Å². The molecule has 2 aromatic rings. The first-order valence-corrected chi connectivity index (χ1v) is 9.34. The highest BCUT2D eigenvalue weighted by atomic mass is 35.5. The van der Waals surface area contributed by atoms with Gasteiger partial charge in [-0.2, -0.15) is 0 Å². The summed E-state index contributed by atoms with van der Waals surface area (Å²) >= 11 is 11.9. The molecule has 5 heteroatoms. The number of nitrogens with one attached hydrogen (secondary N) is 1. The van der Waals surface area contributed by atoms with Crippen molar-refractivity contribution in [2.45, 2.75) is 39.0 Å². The summed E-state index contributed by atoms with van der Waals surface area (Å²) in [5, 5.41) is 3.69. The topological polar surface area (TPSA) is 38.3 Å². The summed E-state index contributed by atoms with van der Waals surface area (Å²) in [6.07, 6.45) is 5.98. The molecule has 0 aliphatic carbocycles. The van der Waals surface area contributed by atoms with E-state index in [0.29, 0.717) is 27.9 Å². The molecule has 0 saturated carbocycles. The van der Waals surface area contributed by atoms with Crippen LogP contribution in [-0.2, 0) is 0 Å². The minimum Gasteiger partial charge on any atom is -0.494 e. The summed E-state index contributed by atoms with van der Waals surface area (Å²) in [5.41, 5.74) is 1.09. The van der Waals surface area contributed by atoms with Gasteiger partial charge in [-0.1, -0.05) is 61.9 Å². The van der Waals surface area contributed by atoms with E-state index in [4.69, 9.17) is 27.9 Å². The molecule has 2 rings (SSSR count). The molecule has 134 valence electrons. The second-order valence-corrected chi connectivity index (χ2v) is 6.78. The van der Waals surface area contributed by atoms with Crippen LogP contribution in [-0.4, -0.2) is 12.5 Å². The summed E-state index contributed by atoms with van der Waals surface area (Å²) in [6.45, 7) is 2.89. The molecule has 25 heavy (non-hydrogen) atoms. The first-order chi connectivity index (χ1) is 12.1. The minimum atomic E-state index is -0.263. The van der Waals surface area contributed by atoms with Gasteiger partial charge >= 0.3 is 0 Å². The smallest absolute Gasteiger partial charge is 0.255 e. The molecule has 0 saturated heterocycles. The number of hydrogen-bond acceptors (Lipinski definition) is 2. The molecule has 0 heterocycles. The van der Waals surface area contributed by atoms with Crippen molar-refractivity contribution >= 4 is 34.8 Å². The molecular formula is C20H23Cl2NO2. The van der Waals surface area contributed by atoms with Crippen LogP contribution in [0.25, 0.3) is 0 Å². The lowest BCUT2D eigenvalue weighted by molar-refractivity contribution is 0.102. The zero-order chi connectivity index (χ0) is 18.1. The van der Waals surface area contributed by atoms with Crippen LogP contribution in [0, 0.1) is 0 Å². The largest absolute Gasteiger partial charge is 0.494 e. The normalized spacial score (nSPS) is 10.5. The number of benzene rings is 2. The van der Waals surface area contributed by atoms with Gasteiger partial charge in [0.15, 0.2) is 0 Å². The molecule has 1 amide bonds. The highest BCUT2D eigenvalue weighted by Gasteiger charge is 2.09. The average molecular weight is 380 g/mol. The SMILES string of the molecule is CCCCCCCOc1cccc(NC(=O)c2cc(Cl)cc(Cl)c2)c1. The van der Waals surface area contributed by atoms with Crippen LogP contribution in [0.3, 0.4) is 0 Å². The lowest BCUT2D eigenvalue weighted by atomic mass is 10.2. The molecule has 1 N–H and O–H groups in total. The van der Waals surface area contributed by atoms with Gasteiger partial charge in [0.2, 0.25) is 0 Å². The Kier molecular flexibility index (Phi) is 8.10. The highest BCUT2D eigenvalue weighted by Crippen LogP contribution is 2.22. The second kappa shape index (κ2) is 10.3. The number of unbranched alkanes of at least 4 members (excludes halogenated alkanes) is 4. The molecular weight excluding hydrogens is 357 g/mol. The maximum atomic E-state index is 12.3. The van der Waals surface area contributed by atoms with Gasteiger partial charge in [-0.15, -0.1) is 0 Å². The van der Waals surface area contributed by atoms with Crippen molar-refractivity contribution in [3.63, 3.8) is 0 Å². The van der Waals surface area contributed by atoms with Crippen molar-refractivity contribution < 1.29 is 9.53 Å². The van der Waals surface area contributed by atoms with E-state index in [2.05, 4.69) is 12.2 Å². The summed E-state index contributed by atoms with van der Waals surface area (Å²) in [5.74, 6) is 0.485. The number of rotatable bonds is 9. The van der Waals surface area contributed by atoms with Gasteiger partial charge in [0.05, 0.1) is 6.61 Å². The molecule has 2 aromatic carbocycles. The molecule has 0 aromatic heterocycles. The molecule has 0 aliphatic heterocycles.